The van der Waals surface area contributed by atoms with Gasteiger partial charge >= 0.3 is 0 Å². The molecule has 2 aromatic heterocycles. The van der Waals surface area contributed by atoms with Crippen LogP contribution in [0.3, 0.4) is 0 Å². The molecule has 124 valence electrons. The fraction of sp³-hybridized carbons (Fsp3) is 0.263. The predicted octanol–water partition coefficient (Wildman–Crippen LogP) is 4.21. The molecule has 1 amide bonds. The lowest BCUT2D eigenvalue weighted by atomic mass is 10.2. The Morgan fingerprint density at radius 1 is 1.25 bits per heavy atom. The van der Waals surface area contributed by atoms with Gasteiger partial charge in [0, 0.05) is 24.5 Å². The van der Waals surface area contributed by atoms with E-state index in [4.69, 9.17) is 4.98 Å². The number of aryl methyl sites for hydroxylation is 1. The molecule has 1 N–H and O–H groups in total. The van der Waals surface area contributed by atoms with E-state index < -0.39 is 0 Å². The Hall–Kier alpha value is -2.40. The molecule has 2 heterocycles. The Bertz CT molecular complexity index is 809. The number of aromatic nitrogens is 2. The van der Waals surface area contributed by atoms with Crippen LogP contribution in [0.1, 0.15) is 29.2 Å². The Morgan fingerprint density at radius 3 is 2.67 bits per heavy atom. The smallest absolute Gasteiger partial charge is 0.228 e. The third kappa shape index (κ3) is 3.41. The molecule has 3 rings (SSSR count). The summed E-state index contributed by atoms with van der Waals surface area (Å²) in [5, 5.41) is 1.00. The Kier molecular flexibility index (Phi) is 4.81. The van der Waals surface area contributed by atoms with E-state index in [0.29, 0.717) is 6.42 Å². The van der Waals surface area contributed by atoms with Crippen molar-refractivity contribution in [2.75, 3.05) is 7.05 Å². The van der Waals surface area contributed by atoms with E-state index in [-0.39, 0.29) is 11.9 Å². The Labute approximate surface area is 146 Å². The summed E-state index contributed by atoms with van der Waals surface area (Å²) in [7, 11) is 1.86. The van der Waals surface area contributed by atoms with Crippen LogP contribution in [0, 0.1) is 6.92 Å². The molecule has 1 aromatic carbocycles. The van der Waals surface area contributed by atoms with Crippen molar-refractivity contribution < 1.29 is 4.79 Å². The van der Waals surface area contributed by atoms with Gasteiger partial charge in [-0.2, -0.15) is 0 Å². The molecule has 0 unspecified atom stereocenters. The second kappa shape index (κ2) is 7.01. The average Bonchev–Trinajstić information content (AvgIpc) is 3.24. The van der Waals surface area contributed by atoms with Gasteiger partial charge in [-0.05, 0) is 26.0 Å². The van der Waals surface area contributed by atoms with Gasteiger partial charge in [0.2, 0.25) is 5.91 Å². The molecule has 4 nitrogen and oxygen atoms in total. The maximum absolute atomic E-state index is 12.5. The first-order chi connectivity index (χ1) is 11.6. The van der Waals surface area contributed by atoms with Crippen molar-refractivity contribution in [2.45, 2.75) is 26.3 Å². The van der Waals surface area contributed by atoms with Crippen LogP contribution in [-0.2, 0) is 11.2 Å². The number of thiazole rings is 1. The van der Waals surface area contributed by atoms with Crippen LogP contribution in [0.2, 0.25) is 0 Å². The highest BCUT2D eigenvalue weighted by molar-refractivity contribution is 7.15. The van der Waals surface area contributed by atoms with Gasteiger partial charge in [0.05, 0.1) is 23.0 Å². The summed E-state index contributed by atoms with van der Waals surface area (Å²) >= 11 is 1.66. The minimum Gasteiger partial charge on any atom is -0.365 e. The molecule has 0 saturated carbocycles. The Balaban J connectivity index is 1.78. The number of nitrogens with zero attached hydrogens (tertiary/aromatic N) is 2. The number of carbonyl (C=O) groups is 1. The van der Waals surface area contributed by atoms with Crippen molar-refractivity contribution in [2.24, 2.45) is 0 Å². The van der Waals surface area contributed by atoms with Crippen LogP contribution in [-0.4, -0.2) is 27.8 Å². The van der Waals surface area contributed by atoms with Crippen molar-refractivity contribution in [1.82, 2.24) is 14.9 Å². The SMILES string of the molecule is Cc1nc(-c2ccccc2)sc1[C@@H](C)N(C)C(=O)Cc1ccc[nH]1. The standard InChI is InChI=1S/C19H21N3OS/c1-13-18(24-19(21-13)15-8-5-4-6-9-15)14(2)22(3)17(23)12-16-10-7-11-20-16/h4-11,14,20H,12H2,1-3H3/t14-/m1/s1. The minimum absolute atomic E-state index is 0.00224. The second-order valence-corrected chi connectivity index (χ2v) is 6.92. The van der Waals surface area contributed by atoms with E-state index in [1.165, 1.54) is 0 Å². The maximum atomic E-state index is 12.5. The van der Waals surface area contributed by atoms with Crippen LogP contribution in [0.4, 0.5) is 0 Å². The molecule has 0 aliphatic rings. The molecule has 0 aliphatic carbocycles. The summed E-state index contributed by atoms with van der Waals surface area (Å²) in [5.41, 5.74) is 3.04. The second-order valence-electron chi connectivity index (χ2n) is 5.89. The van der Waals surface area contributed by atoms with E-state index in [2.05, 4.69) is 24.0 Å². The first kappa shape index (κ1) is 16.5. The topological polar surface area (TPSA) is 49.0 Å². The van der Waals surface area contributed by atoms with Gasteiger partial charge in [-0.15, -0.1) is 11.3 Å². The number of H-pyrrole nitrogens is 1. The molecular formula is C19H21N3OS. The van der Waals surface area contributed by atoms with Gasteiger partial charge in [0.25, 0.3) is 0 Å². The number of hydrogen-bond donors (Lipinski definition) is 1. The van der Waals surface area contributed by atoms with Crippen molar-refractivity contribution in [3.63, 3.8) is 0 Å². The summed E-state index contributed by atoms with van der Waals surface area (Å²) in [5.74, 6) is 0.0963. The summed E-state index contributed by atoms with van der Waals surface area (Å²) < 4.78 is 0. The number of nitrogens with one attached hydrogen (secondary N) is 1. The number of benzene rings is 1. The molecule has 0 spiro atoms. The van der Waals surface area contributed by atoms with Crippen molar-refractivity contribution in [3.8, 4) is 10.6 Å². The summed E-state index contributed by atoms with van der Waals surface area (Å²) in [6, 6.07) is 14.0. The third-order valence-electron chi connectivity index (χ3n) is 4.21. The fourth-order valence-electron chi connectivity index (χ4n) is 2.66. The monoisotopic (exact) mass is 339 g/mol. The van der Waals surface area contributed by atoms with E-state index >= 15 is 0 Å². The molecule has 0 bridgehead atoms. The number of aromatic amines is 1. The van der Waals surface area contributed by atoms with Crippen LogP contribution >= 0.6 is 11.3 Å². The highest BCUT2D eigenvalue weighted by Crippen LogP contribution is 2.33. The molecule has 0 saturated heterocycles. The van der Waals surface area contributed by atoms with E-state index in [9.17, 15) is 4.79 Å². The van der Waals surface area contributed by atoms with Gasteiger partial charge in [0.1, 0.15) is 5.01 Å². The molecule has 3 aromatic rings. The fourth-order valence-corrected chi connectivity index (χ4v) is 3.82. The molecule has 24 heavy (non-hydrogen) atoms. The Morgan fingerprint density at radius 2 is 2.00 bits per heavy atom. The van der Waals surface area contributed by atoms with Gasteiger partial charge in [0.15, 0.2) is 0 Å². The van der Waals surface area contributed by atoms with Crippen LogP contribution in [0.25, 0.3) is 10.6 Å². The van der Waals surface area contributed by atoms with Gasteiger partial charge in [-0.1, -0.05) is 30.3 Å². The zero-order valence-electron chi connectivity index (χ0n) is 14.1. The lowest BCUT2D eigenvalue weighted by Crippen LogP contribution is -2.31. The van der Waals surface area contributed by atoms with Crippen LogP contribution in [0.15, 0.2) is 48.7 Å². The predicted molar refractivity (Wildman–Crippen MR) is 98.0 cm³/mol. The lowest BCUT2D eigenvalue weighted by molar-refractivity contribution is -0.131. The normalized spacial score (nSPS) is 12.1. The van der Waals surface area contributed by atoms with E-state index in [1.807, 2.05) is 50.5 Å². The van der Waals surface area contributed by atoms with Gasteiger partial charge < -0.3 is 9.88 Å². The highest BCUT2D eigenvalue weighted by atomic mass is 32.1. The van der Waals surface area contributed by atoms with Crippen molar-refractivity contribution >= 4 is 17.2 Å². The highest BCUT2D eigenvalue weighted by Gasteiger charge is 2.22. The van der Waals surface area contributed by atoms with Crippen molar-refractivity contribution in [3.05, 3.63) is 64.9 Å². The first-order valence-corrected chi connectivity index (χ1v) is 8.78. The average molecular weight is 339 g/mol. The largest absolute Gasteiger partial charge is 0.365 e. The van der Waals surface area contributed by atoms with Gasteiger partial charge in [-0.3, -0.25) is 4.79 Å². The summed E-state index contributed by atoms with van der Waals surface area (Å²) in [4.78, 5) is 23.2. The zero-order valence-corrected chi connectivity index (χ0v) is 14.9. The minimum atomic E-state index is 0.00224. The molecular weight excluding hydrogens is 318 g/mol. The van der Waals surface area contributed by atoms with Gasteiger partial charge in [-0.25, -0.2) is 4.98 Å². The molecule has 1 atom stereocenters. The van der Waals surface area contributed by atoms with E-state index in [1.54, 1.807) is 16.2 Å². The lowest BCUT2D eigenvalue weighted by Gasteiger charge is -2.24. The third-order valence-corrected chi connectivity index (χ3v) is 5.59. The molecule has 5 heteroatoms. The van der Waals surface area contributed by atoms with Crippen molar-refractivity contribution in [1.29, 1.82) is 0 Å². The zero-order chi connectivity index (χ0) is 17.1. The number of carbonyl (C=O) groups excluding carboxylic acids is 1. The first-order valence-electron chi connectivity index (χ1n) is 7.97. The van der Waals surface area contributed by atoms with E-state index in [0.717, 1.165) is 26.8 Å². The maximum Gasteiger partial charge on any atom is 0.228 e. The summed E-state index contributed by atoms with van der Waals surface area (Å²) in [6.07, 6.45) is 2.22. The summed E-state index contributed by atoms with van der Waals surface area (Å²) in [6.45, 7) is 4.07. The number of likely N-dealkylation sites (N-methyl/N-ethyl adjacent to an activating group) is 1. The van der Waals surface area contributed by atoms with Crippen LogP contribution in [0.5, 0.6) is 0 Å². The molecule has 0 fully saturated rings. The number of hydrogen-bond acceptors (Lipinski definition) is 3. The molecule has 0 radical (unpaired) electrons. The van der Waals surface area contributed by atoms with Crippen LogP contribution < -0.4 is 0 Å². The number of amides is 1. The number of rotatable bonds is 5. The quantitative estimate of drug-likeness (QED) is 0.757. The molecule has 0 aliphatic heterocycles.